The van der Waals surface area contributed by atoms with Crippen LogP contribution in [0.25, 0.3) is 16.8 Å². The van der Waals surface area contributed by atoms with Crippen LogP contribution in [0.5, 0.6) is 0 Å². The fourth-order valence-corrected chi connectivity index (χ4v) is 4.54. The second-order valence-electron chi connectivity index (χ2n) is 9.66. The Bertz CT molecular complexity index is 1690. The van der Waals surface area contributed by atoms with Gasteiger partial charge in [0.15, 0.2) is 0 Å². The highest BCUT2D eigenvalue weighted by Crippen LogP contribution is 2.27. The summed E-state index contributed by atoms with van der Waals surface area (Å²) in [5.41, 5.74) is 7.62. The van der Waals surface area contributed by atoms with Crippen molar-refractivity contribution >= 4 is 39.5 Å². The first-order chi connectivity index (χ1) is 20.2. The van der Waals surface area contributed by atoms with Gasteiger partial charge in [0.05, 0.1) is 21.6 Å². The Morgan fingerprint density at radius 1 is 0.837 bits per heavy atom. The molecule has 0 unspecified atom stereocenters. The van der Waals surface area contributed by atoms with Crippen LogP contribution in [0.1, 0.15) is 55.9 Å². The van der Waals surface area contributed by atoms with Crippen LogP contribution in [-0.2, 0) is 10.0 Å². The molecule has 11 nitrogen and oxygen atoms in total. The van der Waals surface area contributed by atoms with Gasteiger partial charge in [0, 0.05) is 29.1 Å². The minimum Gasteiger partial charge on any atom is -0.478 e. The van der Waals surface area contributed by atoms with Crippen molar-refractivity contribution in [3.8, 4) is 16.8 Å². The minimum atomic E-state index is -3.71. The second-order valence-corrected chi connectivity index (χ2v) is 11.7. The molecule has 0 atom stereocenters. The third-order valence-corrected chi connectivity index (χ3v) is 7.78. The van der Waals surface area contributed by atoms with Gasteiger partial charge in [0.2, 0.25) is 10.0 Å². The van der Waals surface area contributed by atoms with Crippen molar-refractivity contribution in [2.75, 3.05) is 0 Å². The van der Waals surface area contributed by atoms with Crippen molar-refractivity contribution in [3.63, 3.8) is 0 Å². The fourth-order valence-electron chi connectivity index (χ4n) is 3.90. The molecular formula is C30H30ClN3O8S. The number of benzene rings is 3. The zero-order valence-electron chi connectivity index (χ0n) is 23.0. The van der Waals surface area contributed by atoms with E-state index < -0.39 is 27.9 Å². The first-order valence-corrected chi connectivity index (χ1v) is 14.8. The molecule has 5 rings (SSSR count). The van der Waals surface area contributed by atoms with E-state index in [0.717, 1.165) is 0 Å². The number of sulfonamides is 1. The van der Waals surface area contributed by atoms with Gasteiger partial charge in [0.1, 0.15) is 0 Å². The number of hydrogen-bond acceptors (Lipinski definition) is 6. The van der Waals surface area contributed by atoms with E-state index in [1.54, 1.807) is 47.2 Å². The number of aromatic carboxylic acids is 3. The van der Waals surface area contributed by atoms with Crippen molar-refractivity contribution in [2.24, 2.45) is 10.9 Å². The molecular weight excluding hydrogens is 598 g/mol. The summed E-state index contributed by atoms with van der Waals surface area (Å²) in [7, 11) is -3.71. The Balaban J connectivity index is 0.000000203. The van der Waals surface area contributed by atoms with Gasteiger partial charge in [-0.2, -0.15) is 0 Å². The van der Waals surface area contributed by atoms with Crippen LogP contribution in [-0.4, -0.2) is 52.3 Å². The van der Waals surface area contributed by atoms with Gasteiger partial charge < -0.3 is 25.6 Å². The van der Waals surface area contributed by atoms with Crippen molar-refractivity contribution in [3.05, 3.63) is 106 Å². The molecule has 3 aromatic carbocycles. The number of aromatic nitrogens is 1. The molecule has 1 fully saturated rings. The number of nitrogens with two attached hydrogens (primary N) is 2. The maximum absolute atomic E-state index is 11.2. The lowest BCUT2D eigenvalue weighted by molar-refractivity contribution is 0.0681. The summed E-state index contributed by atoms with van der Waals surface area (Å²) < 4.78 is 23.7. The minimum absolute atomic E-state index is 0.0110. The predicted octanol–water partition coefficient (Wildman–Crippen LogP) is 5.03. The van der Waals surface area contributed by atoms with E-state index in [9.17, 15) is 33.0 Å². The molecule has 7 N–H and O–H groups in total. The van der Waals surface area contributed by atoms with Crippen LogP contribution in [0, 0.1) is 6.92 Å². The summed E-state index contributed by atoms with van der Waals surface area (Å²) in [6.07, 6.45) is 6.91. The molecule has 1 aromatic heterocycles. The van der Waals surface area contributed by atoms with Gasteiger partial charge in [0.25, 0.3) is 0 Å². The van der Waals surface area contributed by atoms with Gasteiger partial charge in [-0.15, -0.1) is 0 Å². The van der Waals surface area contributed by atoms with Gasteiger partial charge in [-0.1, -0.05) is 30.2 Å². The molecule has 0 radical (unpaired) electrons. The number of rotatable bonds is 6. The molecule has 13 heteroatoms. The van der Waals surface area contributed by atoms with Crippen LogP contribution in [0.2, 0.25) is 5.02 Å². The smallest absolute Gasteiger partial charge is 0.337 e. The number of nitrogens with zero attached hydrogens (tertiary/aromatic N) is 1. The highest BCUT2D eigenvalue weighted by molar-refractivity contribution is 7.89. The summed E-state index contributed by atoms with van der Waals surface area (Å²) in [4.78, 5) is 33.2. The largest absolute Gasteiger partial charge is 0.478 e. The number of carbonyl (C=O) groups is 3. The monoisotopic (exact) mass is 627 g/mol. The molecule has 0 saturated heterocycles. The first-order valence-electron chi connectivity index (χ1n) is 12.8. The second kappa shape index (κ2) is 14.1. The number of halogens is 1. The van der Waals surface area contributed by atoms with Gasteiger partial charge in [-0.25, -0.2) is 27.9 Å². The number of primary sulfonamides is 1. The Hall–Kier alpha value is -4.49. The molecule has 0 aliphatic heterocycles. The summed E-state index contributed by atoms with van der Waals surface area (Å²) in [5, 5.41) is 32.7. The summed E-state index contributed by atoms with van der Waals surface area (Å²) in [6.45, 7) is 1.48. The van der Waals surface area contributed by atoms with Crippen LogP contribution < -0.4 is 10.9 Å². The lowest BCUT2D eigenvalue weighted by atomic mass is 9.95. The van der Waals surface area contributed by atoms with Gasteiger partial charge in [-0.3, -0.25) is 0 Å². The summed E-state index contributed by atoms with van der Waals surface area (Å²) >= 11 is 5.80. The van der Waals surface area contributed by atoms with Crippen LogP contribution in [0.15, 0.2) is 84.0 Å². The molecule has 0 spiro atoms. The Kier molecular flexibility index (Phi) is 10.8. The standard InChI is InChI=1S/C15H11ClO4.C11H10N2O4S.C4H9N/c1-8-12(14(17)18)6-10(7-13(8)15(19)20)9-2-4-11(16)5-3-9;12-18(16,17)10-3-1-9(2-4-10)13-6-5-8(7-13)11(14)15;5-4-2-1-3-4/h2-7H,1H3,(H,17,18)(H,19,20);1-7H,(H,14,15)(H2,12,16,17);4H,1-3,5H2. The molecule has 226 valence electrons. The molecule has 1 saturated carbocycles. The van der Waals surface area contributed by atoms with Gasteiger partial charge >= 0.3 is 17.9 Å². The summed E-state index contributed by atoms with van der Waals surface area (Å²) in [6, 6.07) is 17.5. The predicted molar refractivity (Wildman–Crippen MR) is 161 cm³/mol. The molecule has 0 bridgehead atoms. The van der Waals surface area contributed by atoms with E-state index >= 15 is 0 Å². The maximum atomic E-state index is 11.2. The molecule has 43 heavy (non-hydrogen) atoms. The Labute approximate surface area is 253 Å². The van der Waals surface area contributed by atoms with E-state index in [2.05, 4.69) is 0 Å². The highest BCUT2D eigenvalue weighted by atomic mass is 35.5. The number of carboxylic acid groups (broad SMARTS) is 3. The molecule has 4 aromatic rings. The third kappa shape index (κ3) is 9.00. The SMILES string of the molecule is Cc1c(C(=O)O)cc(-c2ccc(Cl)cc2)cc1C(=O)O.NC1CCC1.NS(=O)(=O)c1ccc(-n2ccc(C(=O)O)c2)cc1. The quantitative estimate of drug-likeness (QED) is 0.194. The van der Waals surface area contributed by atoms with Crippen molar-refractivity contribution in [1.82, 2.24) is 4.57 Å². The first kappa shape index (κ1) is 33.0. The normalized spacial score (nSPS) is 12.6. The van der Waals surface area contributed by atoms with Crippen LogP contribution >= 0.6 is 11.6 Å². The highest BCUT2D eigenvalue weighted by Gasteiger charge is 2.17. The van der Waals surface area contributed by atoms with E-state index in [4.69, 9.17) is 27.6 Å². The van der Waals surface area contributed by atoms with E-state index in [-0.39, 0.29) is 27.1 Å². The average Bonchev–Trinajstić information content (AvgIpc) is 3.44. The summed E-state index contributed by atoms with van der Waals surface area (Å²) in [5.74, 6) is -3.32. The van der Waals surface area contributed by atoms with E-state index in [1.165, 1.54) is 62.7 Å². The Morgan fingerprint density at radius 2 is 1.35 bits per heavy atom. The third-order valence-electron chi connectivity index (χ3n) is 6.60. The van der Waals surface area contributed by atoms with E-state index in [0.29, 0.717) is 27.9 Å². The lowest BCUT2D eigenvalue weighted by Gasteiger charge is -2.18. The number of carboxylic acids is 3. The van der Waals surface area contributed by atoms with Crippen LogP contribution in [0.4, 0.5) is 0 Å². The molecule has 1 aliphatic rings. The molecule has 0 amide bonds. The molecule has 1 heterocycles. The van der Waals surface area contributed by atoms with Crippen LogP contribution in [0.3, 0.4) is 0 Å². The zero-order chi connectivity index (χ0) is 31.9. The maximum Gasteiger partial charge on any atom is 0.337 e. The lowest BCUT2D eigenvalue weighted by Crippen LogP contribution is -2.27. The Morgan fingerprint density at radius 3 is 1.72 bits per heavy atom. The van der Waals surface area contributed by atoms with Crippen molar-refractivity contribution in [1.29, 1.82) is 0 Å². The fraction of sp³-hybridized carbons (Fsp3) is 0.167. The van der Waals surface area contributed by atoms with Gasteiger partial charge in [-0.05, 0) is 91.1 Å². The molecule has 1 aliphatic carbocycles. The zero-order valence-corrected chi connectivity index (χ0v) is 24.5. The average molecular weight is 628 g/mol. The van der Waals surface area contributed by atoms with Crippen molar-refractivity contribution < 1.29 is 38.1 Å². The topological polar surface area (TPSA) is 203 Å². The number of hydrogen-bond donors (Lipinski definition) is 5. The van der Waals surface area contributed by atoms with Crippen molar-refractivity contribution in [2.45, 2.75) is 37.1 Å². The van der Waals surface area contributed by atoms with E-state index in [1.807, 2.05) is 0 Å².